The summed E-state index contributed by atoms with van der Waals surface area (Å²) in [6.07, 6.45) is 5.64. The molecule has 1 aromatic rings. The molecule has 2 rings (SSSR count). The first kappa shape index (κ1) is 10.5. The van der Waals surface area contributed by atoms with Crippen LogP contribution in [-0.4, -0.2) is 6.21 Å². The summed E-state index contributed by atoms with van der Waals surface area (Å²) in [6, 6.07) is 8.12. The van der Waals surface area contributed by atoms with E-state index in [1.807, 2.05) is 36.7 Å². The molecular formula is C10H8BrN3. The van der Waals surface area contributed by atoms with Crippen LogP contribution < -0.4 is 5.43 Å². The van der Waals surface area contributed by atoms with E-state index >= 15 is 0 Å². The fourth-order valence-corrected chi connectivity index (χ4v) is 1.06. The largest absolute Gasteiger partial charge is 0.286 e. The molecule has 0 fully saturated rings. The quantitative estimate of drug-likeness (QED) is 0.768. The zero-order chi connectivity index (χ0) is 10.2. The second kappa shape index (κ2) is 5.95. The second-order valence-electron chi connectivity index (χ2n) is 2.43. The molecule has 0 aromatic heterocycles. The normalized spacial score (nSPS) is 11.1. The van der Waals surface area contributed by atoms with E-state index < -0.39 is 0 Å². The lowest BCUT2D eigenvalue weighted by Crippen LogP contribution is -1.90. The summed E-state index contributed by atoms with van der Waals surface area (Å²) in [4.78, 5) is 1.56. The fraction of sp³-hybridized carbons (Fsp3) is 0. The number of hydrogen-bond acceptors (Lipinski definition) is 3. The number of halogens is 1. The third-order valence-corrected chi connectivity index (χ3v) is 1.61. The van der Waals surface area contributed by atoms with Gasteiger partial charge in [-0.15, -0.1) is 0 Å². The average Bonchev–Trinajstić information content (AvgIpc) is 2.43. The van der Waals surface area contributed by atoms with Crippen LogP contribution >= 0.6 is 15.9 Å². The summed E-state index contributed by atoms with van der Waals surface area (Å²) in [6.45, 7) is 0. The van der Waals surface area contributed by atoms with Crippen LogP contribution in [0.2, 0.25) is 0 Å². The number of benzene rings is 1. The van der Waals surface area contributed by atoms with E-state index in [9.17, 15) is 0 Å². The van der Waals surface area contributed by atoms with Crippen molar-refractivity contribution in [3.05, 3.63) is 41.6 Å². The van der Waals surface area contributed by atoms with Gasteiger partial charge < -0.3 is 0 Å². The Morgan fingerprint density at radius 1 is 1.29 bits per heavy atom. The molecule has 0 aliphatic carbocycles. The minimum Gasteiger partial charge on any atom is -0.286 e. The van der Waals surface area contributed by atoms with Crippen molar-refractivity contribution in [1.29, 1.82) is 5.26 Å². The minimum absolute atomic E-state index is 1.15. The van der Waals surface area contributed by atoms with E-state index in [0.29, 0.717) is 0 Å². The molecule has 14 heavy (non-hydrogen) atoms. The molecule has 0 saturated carbocycles. The van der Waals surface area contributed by atoms with Gasteiger partial charge in [0.25, 0.3) is 0 Å². The highest BCUT2D eigenvalue weighted by molar-refractivity contribution is 9.12. The number of nitrogens with zero attached hydrogens (tertiary/aromatic N) is 2. The Bertz CT molecular complexity index is 360. The molecule has 1 aromatic carbocycles. The molecule has 1 aliphatic heterocycles. The maximum Gasteiger partial charge on any atom is 0.142 e. The standard InChI is InChI=1S/C9H8N2.CBrN/c1-2-4-9-7-11-10-6-5-8(9)3-1;2-1-3/h1-7,10H;. The Labute approximate surface area is 90.9 Å². The van der Waals surface area contributed by atoms with Gasteiger partial charge in [-0.1, -0.05) is 24.3 Å². The molecule has 0 radical (unpaired) electrons. The zero-order valence-electron chi connectivity index (χ0n) is 7.31. The highest BCUT2D eigenvalue weighted by Crippen LogP contribution is 2.08. The first-order valence-electron chi connectivity index (χ1n) is 3.92. The molecule has 0 spiro atoms. The summed E-state index contributed by atoms with van der Waals surface area (Å²) in [5.41, 5.74) is 5.13. The van der Waals surface area contributed by atoms with Crippen LogP contribution in [0.25, 0.3) is 6.08 Å². The van der Waals surface area contributed by atoms with Crippen molar-refractivity contribution in [1.82, 2.24) is 5.43 Å². The van der Waals surface area contributed by atoms with Crippen LogP contribution in [0.5, 0.6) is 0 Å². The molecule has 1 heterocycles. The zero-order valence-corrected chi connectivity index (χ0v) is 8.90. The Morgan fingerprint density at radius 2 is 1.93 bits per heavy atom. The number of nitriles is 1. The summed E-state index contributed by atoms with van der Waals surface area (Å²) in [5, 5.41) is 11.2. The minimum atomic E-state index is 1.15. The fourth-order valence-electron chi connectivity index (χ4n) is 1.06. The monoisotopic (exact) mass is 249 g/mol. The third-order valence-electron chi connectivity index (χ3n) is 1.61. The molecular weight excluding hydrogens is 242 g/mol. The molecule has 0 atom stereocenters. The number of nitrogens with one attached hydrogen (secondary N) is 1. The van der Waals surface area contributed by atoms with Crippen molar-refractivity contribution < 1.29 is 0 Å². The van der Waals surface area contributed by atoms with E-state index in [4.69, 9.17) is 5.26 Å². The van der Waals surface area contributed by atoms with Gasteiger partial charge in [0.2, 0.25) is 0 Å². The smallest absolute Gasteiger partial charge is 0.142 e. The topological polar surface area (TPSA) is 48.2 Å². The van der Waals surface area contributed by atoms with Crippen LogP contribution in [0, 0.1) is 10.2 Å². The Kier molecular flexibility index (Phi) is 4.45. The predicted octanol–water partition coefficient (Wildman–Crippen LogP) is 2.46. The first-order chi connectivity index (χ1) is 6.88. The van der Waals surface area contributed by atoms with Gasteiger partial charge in [-0.2, -0.15) is 10.4 Å². The Morgan fingerprint density at radius 3 is 2.64 bits per heavy atom. The lowest BCUT2D eigenvalue weighted by Gasteiger charge is -1.94. The van der Waals surface area contributed by atoms with Gasteiger partial charge in [0.1, 0.15) is 4.98 Å². The molecule has 0 amide bonds. The van der Waals surface area contributed by atoms with Crippen LogP contribution in [0.1, 0.15) is 11.1 Å². The number of hydrazone groups is 1. The van der Waals surface area contributed by atoms with Crippen molar-refractivity contribution in [3.63, 3.8) is 0 Å². The van der Waals surface area contributed by atoms with E-state index in [1.165, 1.54) is 5.56 Å². The van der Waals surface area contributed by atoms with Crippen LogP contribution in [-0.2, 0) is 0 Å². The maximum absolute atomic E-state index is 7.24. The van der Waals surface area contributed by atoms with E-state index in [-0.39, 0.29) is 0 Å². The Hall–Kier alpha value is -1.60. The van der Waals surface area contributed by atoms with Gasteiger partial charge in [0, 0.05) is 27.7 Å². The van der Waals surface area contributed by atoms with Crippen LogP contribution in [0.3, 0.4) is 0 Å². The average molecular weight is 250 g/mol. The molecule has 4 heteroatoms. The van der Waals surface area contributed by atoms with Crippen LogP contribution in [0.15, 0.2) is 35.6 Å². The lowest BCUT2D eigenvalue weighted by atomic mass is 10.1. The molecule has 0 bridgehead atoms. The summed E-state index contributed by atoms with van der Waals surface area (Å²) >= 11 is 2.45. The molecule has 0 saturated heterocycles. The van der Waals surface area contributed by atoms with Gasteiger partial charge >= 0.3 is 0 Å². The van der Waals surface area contributed by atoms with E-state index in [0.717, 1.165) is 5.56 Å². The SMILES string of the molecule is C1=Cc2ccccc2C=NN1.N#CBr. The van der Waals surface area contributed by atoms with Crippen molar-refractivity contribution in [2.24, 2.45) is 5.10 Å². The predicted molar refractivity (Wildman–Crippen MR) is 60.7 cm³/mol. The summed E-state index contributed by atoms with van der Waals surface area (Å²) in [5.74, 6) is 0. The maximum atomic E-state index is 7.24. The van der Waals surface area contributed by atoms with Gasteiger partial charge in [-0.05, 0) is 11.6 Å². The highest BCUT2D eigenvalue weighted by Gasteiger charge is 1.95. The molecule has 1 aliphatic rings. The molecule has 0 unspecified atom stereocenters. The third kappa shape index (κ3) is 3.04. The van der Waals surface area contributed by atoms with Gasteiger partial charge in [0.15, 0.2) is 0 Å². The van der Waals surface area contributed by atoms with E-state index in [2.05, 4.69) is 32.5 Å². The van der Waals surface area contributed by atoms with Crippen molar-refractivity contribution in [3.8, 4) is 4.98 Å². The van der Waals surface area contributed by atoms with Crippen molar-refractivity contribution in [2.75, 3.05) is 0 Å². The summed E-state index contributed by atoms with van der Waals surface area (Å²) < 4.78 is 0. The molecule has 3 nitrogen and oxygen atoms in total. The van der Waals surface area contributed by atoms with Gasteiger partial charge in [-0.25, -0.2) is 0 Å². The van der Waals surface area contributed by atoms with Gasteiger partial charge in [0.05, 0.1) is 6.21 Å². The highest BCUT2D eigenvalue weighted by atomic mass is 79.9. The van der Waals surface area contributed by atoms with Crippen LogP contribution in [0.4, 0.5) is 0 Å². The van der Waals surface area contributed by atoms with Crippen molar-refractivity contribution >= 4 is 28.2 Å². The Balaban J connectivity index is 0.000000293. The van der Waals surface area contributed by atoms with Crippen molar-refractivity contribution in [2.45, 2.75) is 0 Å². The summed E-state index contributed by atoms with van der Waals surface area (Å²) in [7, 11) is 0. The first-order valence-corrected chi connectivity index (χ1v) is 4.71. The molecule has 1 N–H and O–H groups in total. The number of hydrogen-bond donors (Lipinski definition) is 1. The molecule has 70 valence electrons. The number of rotatable bonds is 0. The number of fused-ring (bicyclic) bond motifs is 1. The van der Waals surface area contributed by atoms with Gasteiger partial charge in [-0.3, -0.25) is 5.43 Å². The lowest BCUT2D eigenvalue weighted by molar-refractivity contribution is 0.985. The second-order valence-corrected chi connectivity index (χ2v) is 2.79. The van der Waals surface area contributed by atoms with E-state index in [1.54, 1.807) is 4.98 Å².